The molecular formula is C21H21N7O. The van der Waals surface area contributed by atoms with Gasteiger partial charge in [0.25, 0.3) is 5.91 Å². The van der Waals surface area contributed by atoms with Gasteiger partial charge >= 0.3 is 0 Å². The molecule has 0 saturated heterocycles. The zero-order chi connectivity index (χ0) is 20.2. The van der Waals surface area contributed by atoms with Crippen LogP contribution in [-0.4, -0.2) is 35.9 Å². The zero-order valence-corrected chi connectivity index (χ0v) is 16.2. The summed E-state index contributed by atoms with van der Waals surface area (Å²) in [6, 6.07) is 19.3. The number of tetrazole rings is 1. The van der Waals surface area contributed by atoms with Gasteiger partial charge in [0.15, 0.2) is 0 Å². The maximum atomic E-state index is 12.7. The Morgan fingerprint density at radius 1 is 1.07 bits per heavy atom. The molecule has 0 spiro atoms. The van der Waals surface area contributed by atoms with Gasteiger partial charge in [-0.15, -0.1) is 5.10 Å². The molecule has 2 heterocycles. The number of nitrogens with one attached hydrogen (secondary N) is 1. The number of amides is 1. The van der Waals surface area contributed by atoms with E-state index < -0.39 is 0 Å². The van der Waals surface area contributed by atoms with E-state index in [-0.39, 0.29) is 11.9 Å². The predicted molar refractivity (Wildman–Crippen MR) is 109 cm³/mol. The fourth-order valence-corrected chi connectivity index (χ4v) is 3.11. The van der Waals surface area contributed by atoms with Crippen LogP contribution in [-0.2, 0) is 6.54 Å². The number of carbonyl (C=O) groups is 1. The molecule has 0 bridgehead atoms. The number of nitrogens with zero attached hydrogens (tertiary/aromatic N) is 6. The molecule has 0 aliphatic carbocycles. The third-order valence-electron chi connectivity index (χ3n) is 4.82. The Balaban J connectivity index is 1.46. The summed E-state index contributed by atoms with van der Waals surface area (Å²) in [7, 11) is 0. The normalized spacial score (nSPS) is 11.9. The van der Waals surface area contributed by atoms with Gasteiger partial charge in [0, 0.05) is 11.6 Å². The summed E-state index contributed by atoms with van der Waals surface area (Å²) in [5, 5.41) is 18.8. The van der Waals surface area contributed by atoms with Gasteiger partial charge in [0.2, 0.25) is 0 Å². The average molecular weight is 387 g/mol. The van der Waals surface area contributed by atoms with Crippen LogP contribution in [0.5, 0.6) is 0 Å². The minimum Gasteiger partial charge on any atom is -0.307 e. The van der Waals surface area contributed by atoms with Crippen LogP contribution >= 0.6 is 0 Å². The lowest BCUT2D eigenvalue weighted by Gasteiger charge is -2.16. The summed E-state index contributed by atoms with van der Waals surface area (Å²) in [5.74, 6) is 1.21. The van der Waals surface area contributed by atoms with Crippen LogP contribution in [0.25, 0.3) is 0 Å². The second-order valence-electron chi connectivity index (χ2n) is 6.78. The molecule has 1 unspecified atom stereocenters. The van der Waals surface area contributed by atoms with E-state index in [0.717, 1.165) is 17.0 Å². The summed E-state index contributed by atoms with van der Waals surface area (Å²) in [5.41, 5.74) is 2.70. The van der Waals surface area contributed by atoms with Crippen molar-refractivity contribution in [2.24, 2.45) is 0 Å². The number of hydrogen-bond donors (Lipinski definition) is 1. The quantitative estimate of drug-likeness (QED) is 0.549. The van der Waals surface area contributed by atoms with Gasteiger partial charge in [-0.1, -0.05) is 42.5 Å². The van der Waals surface area contributed by atoms with Crippen molar-refractivity contribution in [3.05, 3.63) is 89.4 Å². The first kappa shape index (κ1) is 18.5. The van der Waals surface area contributed by atoms with Crippen LogP contribution < -0.4 is 5.32 Å². The van der Waals surface area contributed by atoms with Crippen molar-refractivity contribution in [1.29, 1.82) is 0 Å². The first-order valence-electron chi connectivity index (χ1n) is 9.33. The van der Waals surface area contributed by atoms with E-state index in [1.165, 1.54) is 0 Å². The van der Waals surface area contributed by atoms with E-state index in [0.29, 0.717) is 17.9 Å². The van der Waals surface area contributed by atoms with Crippen molar-refractivity contribution in [3.63, 3.8) is 0 Å². The second kappa shape index (κ2) is 8.05. The summed E-state index contributed by atoms with van der Waals surface area (Å²) in [6.45, 7) is 4.46. The van der Waals surface area contributed by atoms with E-state index in [2.05, 4.69) is 25.9 Å². The fourth-order valence-electron chi connectivity index (χ4n) is 3.11. The Bertz CT molecular complexity index is 1100. The standard InChI is InChI=1S/C21H21N7O/c1-15(18-6-4-3-5-7-18)28-20(12-13-22-28)23-21(29)19-10-8-17(9-11-19)14-27-16(2)24-25-26-27/h3-13,15H,14H2,1-2H3,(H,23,29). The van der Waals surface area contributed by atoms with Crippen LogP contribution in [0.1, 0.15) is 40.3 Å². The molecule has 4 rings (SSSR count). The molecule has 1 N–H and O–H groups in total. The molecule has 8 nitrogen and oxygen atoms in total. The Morgan fingerprint density at radius 2 is 1.83 bits per heavy atom. The largest absolute Gasteiger partial charge is 0.307 e. The summed E-state index contributed by atoms with van der Waals surface area (Å²) in [6.07, 6.45) is 1.69. The molecule has 1 amide bonds. The number of aryl methyl sites for hydroxylation is 1. The highest BCUT2D eigenvalue weighted by molar-refractivity contribution is 6.03. The molecule has 4 aromatic rings. The first-order valence-corrected chi connectivity index (χ1v) is 9.33. The topological polar surface area (TPSA) is 90.5 Å². The highest BCUT2D eigenvalue weighted by Gasteiger charge is 2.15. The summed E-state index contributed by atoms with van der Waals surface area (Å²) in [4.78, 5) is 12.7. The number of anilines is 1. The van der Waals surface area contributed by atoms with Crippen molar-refractivity contribution < 1.29 is 4.79 Å². The Labute approximate surface area is 168 Å². The van der Waals surface area contributed by atoms with Crippen LogP contribution in [0, 0.1) is 6.92 Å². The van der Waals surface area contributed by atoms with Crippen molar-refractivity contribution in [2.45, 2.75) is 26.4 Å². The molecule has 0 radical (unpaired) electrons. The molecule has 0 saturated carbocycles. The summed E-state index contributed by atoms with van der Waals surface area (Å²) >= 11 is 0. The van der Waals surface area contributed by atoms with Gasteiger partial charge in [0.05, 0.1) is 18.8 Å². The molecule has 2 aromatic carbocycles. The minimum atomic E-state index is -0.183. The molecule has 0 aliphatic heterocycles. The van der Waals surface area contributed by atoms with E-state index in [9.17, 15) is 4.79 Å². The van der Waals surface area contributed by atoms with E-state index in [1.807, 2.05) is 61.0 Å². The summed E-state index contributed by atoms with van der Waals surface area (Å²) < 4.78 is 3.51. The lowest BCUT2D eigenvalue weighted by Crippen LogP contribution is -2.18. The van der Waals surface area contributed by atoms with Crippen molar-refractivity contribution in [3.8, 4) is 0 Å². The van der Waals surface area contributed by atoms with Gasteiger partial charge < -0.3 is 5.32 Å². The van der Waals surface area contributed by atoms with Gasteiger partial charge in [-0.3, -0.25) is 4.79 Å². The lowest BCUT2D eigenvalue weighted by atomic mass is 10.1. The van der Waals surface area contributed by atoms with E-state index >= 15 is 0 Å². The maximum Gasteiger partial charge on any atom is 0.256 e. The third kappa shape index (κ3) is 4.06. The highest BCUT2D eigenvalue weighted by Crippen LogP contribution is 2.21. The van der Waals surface area contributed by atoms with Crippen molar-refractivity contribution in [1.82, 2.24) is 30.0 Å². The number of aromatic nitrogens is 6. The zero-order valence-electron chi connectivity index (χ0n) is 16.2. The molecule has 2 aromatic heterocycles. The van der Waals surface area contributed by atoms with Gasteiger partial charge in [0.1, 0.15) is 11.6 Å². The lowest BCUT2D eigenvalue weighted by molar-refractivity contribution is 0.102. The smallest absolute Gasteiger partial charge is 0.256 e. The molecule has 0 aliphatic rings. The molecule has 1 atom stereocenters. The van der Waals surface area contributed by atoms with Crippen LogP contribution in [0.3, 0.4) is 0 Å². The van der Waals surface area contributed by atoms with E-state index in [1.54, 1.807) is 29.1 Å². The van der Waals surface area contributed by atoms with Crippen LogP contribution in [0.2, 0.25) is 0 Å². The van der Waals surface area contributed by atoms with E-state index in [4.69, 9.17) is 0 Å². The number of benzene rings is 2. The van der Waals surface area contributed by atoms with Crippen LogP contribution in [0.15, 0.2) is 66.9 Å². The number of rotatable bonds is 6. The highest BCUT2D eigenvalue weighted by atomic mass is 16.1. The molecule has 29 heavy (non-hydrogen) atoms. The molecular weight excluding hydrogens is 366 g/mol. The van der Waals surface area contributed by atoms with Crippen molar-refractivity contribution >= 4 is 11.7 Å². The maximum absolute atomic E-state index is 12.7. The Morgan fingerprint density at radius 3 is 2.52 bits per heavy atom. The average Bonchev–Trinajstić information content (AvgIpc) is 3.37. The van der Waals surface area contributed by atoms with Gasteiger partial charge in [-0.2, -0.15) is 5.10 Å². The Kier molecular flexibility index (Phi) is 5.15. The monoisotopic (exact) mass is 387 g/mol. The third-order valence-corrected chi connectivity index (χ3v) is 4.82. The van der Waals surface area contributed by atoms with Gasteiger partial charge in [-0.25, -0.2) is 9.36 Å². The molecule has 0 fully saturated rings. The number of hydrogen-bond acceptors (Lipinski definition) is 5. The second-order valence-corrected chi connectivity index (χ2v) is 6.78. The fraction of sp³-hybridized carbons (Fsp3) is 0.190. The molecule has 8 heteroatoms. The van der Waals surface area contributed by atoms with Crippen LogP contribution in [0.4, 0.5) is 5.82 Å². The molecule has 146 valence electrons. The first-order chi connectivity index (χ1) is 14.1. The predicted octanol–water partition coefficient (Wildman–Crippen LogP) is 3.09. The minimum absolute atomic E-state index is 0.00315. The SMILES string of the molecule is Cc1nnnn1Cc1ccc(C(=O)Nc2ccnn2C(C)c2ccccc2)cc1. The Hall–Kier alpha value is -3.81. The van der Waals surface area contributed by atoms with Crippen molar-refractivity contribution in [2.75, 3.05) is 5.32 Å². The number of carbonyl (C=O) groups excluding carboxylic acids is 1. The van der Waals surface area contributed by atoms with Gasteiger partial charge in [-0.05, 0) is 47.5 Å².